The maximum atomic E-state index is 5.54. The molecule has 0 aliphatic carbocycles. The van der Waals surface area contributed by atoms with Gasteiger partial charge < -0.3 is 19.3 Å². The number of quaternary nitrogens is 2. The zero-order chi connectivity index (χ0) is 16.9. The zero-order valence-corrected chi connectivity index (χ0v) is 15.6. The summed E-state index contributed by atoms with van der Waals surface area (Å²) in [6.07, 6.45) is 5.58. The van der Waals surface area contributed by atoms with Crippen molar-refractivity contribution in [2.45, 2.75) is 45.2 Å². The first-order valence-corrected chi connectivity index (χ1v) is 9.58. The number of benzene rings is 1. The zero-order valence-electron chi connectivity index (χ0n) is 15.6. The molecule has 134 valence electrons. The fourth-order valence-corrected chi connectivity index (χ4v) is 4.60. The van der Waals surface area contributed by atoms with Gasteiger partial charge in [-0.1, -0.05) is 6.92 Å². The van der Waals surface area contributed by atoms with E-state index in [1.807, 2.05) is 17.0 Å². The number of hydrogen-bond donors (Lipinski definition) is 2. The summed E-state index contributed by atoms with van der Waals surface area (Å²) in [6.45, 7) is 8.82. The Hall–Kier alpha value is -1.26. The van der Waals surface area contributed by atoms with Crippen molar-refractivity contribution >= 4 is 0 Å². The molecule has 1 aromatic carbocycles. The van der Waals surface area contributed by atoms with Crippen LogP contribution in [0.2, 0.25) is 0 Å². The van der Waals surface area contributed by atoms with E-state index < -0.39 is 0 Å². The smallest absolute Gasteiger partial charge is 0.127 e. The lowest BCUT2D eigenvalue weighted by atomic mass is 9.95. The summed E-state index contributed by atoms with van der Waals surface area (Å²) in [7, 11) is 3.49. The van der Waals surface area contributed by atoms with Gasteiger partial charge in [0.25, 0.3) is 0 Å². The average Bonchev–Trinajstić information content (AvgIpc) is 2.62. The molecule has 4 heteroatoms. The van der Waals surface area contributed by atoms with Crippen molar-refractivity contribution < 1.29 is 19.3 Å². The number of methoxy groups -OCH3 is 2. The van der Waals surface area contributed by atoms with Gasteiger partial charge in [-0.05, 0) is 31.0 Å². The molecule has 2 heterocycles. The maximum Gasteiger partial charge on any atom is 0.127 e. The molecule has 2 fully saturated rings. The topological polar surface area (TPSA) is 27.3 Å². The second-order valence-electron chi connectivity index (χ2n) is 7.74. The van der Waals surface area contributed by atoms with E-state index in [1.165, 1.54) is 57.4 Å². The fraction of sp³-hybridized carbons (Fsp3) is 0.700. The lowest BCUT2D eigenvalue weighted by molar-refractivity contribution is -0.967. The summed E-state index contributed by atoms with van der Waals surface area (Å²) in [5.41, 5.74) is 1.27. The molecule has 0 saturated carbocycles. The molecule has 0 bridgehead atoms. The van der Waals surface area contributed by atoms with Gasteiger partial charge in [0.1, 0.15) is 18.0 Å². The van der Waals surface area contributed by atoms with Crippen molar-refractivity contribution in [3.63, 3.8) is 0 Å². The van der Waals surface area contributed by atoms with E-state index in [9.17, 15) is 0 Å². The third-order valence-corrected chi connectivity index (χ3v) is 6.00. The molecule has 24 heavy (non-hydrogen) atoms. The van der Waals surface area contributed by atoms with Crippen molar-refractivity contribution in [3.05, 3.63) is 23.8 Å². The number of nitrogens with one attached hydrogen (secondary N) is 2. The molecule has 0 radical (unpaired) electrons. The van der Waals surface area contributed by atoms with Crippen LogP contribution in [-0.4, -0.2) is 46.4 Å². The molecule has 2 unspecified atom stereocenters. The summed E-state index contributed by atoms with van der Waals surface area (Å²) in [5.74, 6) is 2.83. The van der Waals surface area contributed by atoms with Crippen molar-refractivity contribution in [2.24, 2.45) is 5.92 Å². The first-order chi connectivity index (χ1) is 11.7. The summed E-state index contributed by atoms with van der Waals surface area (Å²) in [6, 6.07) is 7.03. The van der Waals surface area contributed by atoms with Gasteiger partial charge in [-0.3, -0.25) is 0 Å². The van der Waals surface area contributed by atoms with Gasteiger partial charge in [0.2, 0.25) is 0 Å². The van der Waals surface area contributed by atoms with Crippen molar-refractivity contribution in [2.75, 3.05) is 40.4 Å². The largest absolute Gasteiger partial charge is 0.497 e. The van der Waals surface area contributed by atoms with Crippen LogP contribution in [0.4, 0.5) is 0 Å². The molecule has 1 aromatic rings. The number of rotatable bonds is 5. The quantitative estimate of drug-likeness (QED) is 0.824. The van der Waals surface area contributed by atoms with Gasteiger partial charge in [0.05, 0.1) is 52.0 Å². The van der Waals surface area contributed by atoms with Gasteiger partial charge >= 0.3 is 0 Å². The minimum Gasteiger partial charge on any atom is -0.497 e. The Labute approximate surface area is 146 Å². The Morgan fingerprint density at radius 1 is 1.04 bits per heavy atom. The lowest BCUT2D eigenvalue weighted by Gasteiger charge is -2.37. The van der Waals surface area contributed by atoms with Crippen LogP contribution in [0.15, 0.2) is 18.2 Å². The van der Waals surface area contributed by atoms with Crippen LogP contribution in [0, 0.1) is 5.92 Å². The molecule has 3 rings (SSSR count). The van der Waals surface area contributed by atoms with E-state index in [1.54, 1.807) is 19.1 Å². The molecule has 2 aliphatic heterocycles. The van der Waals surface area contributed by atoms with Gasteiger partial charge in [0.15, 0.2) is 0 Å². The standard InChI is InChI=1S/C20H32N2O2/c1-16-5-4-10-22(14-16)18-8-11-21(12-9-18)15-17-13-19(23-2)6-7-20(17)24-3/h6-7,13,16,18H,4-5,8-12,14-15H2,1-3H3/p+2. The van der Waals surface area contributed by atoms with E-state index in [0.29, 0.717) is 0 Å². The Kier molecular flexibility index (Phi) is 6.01. The highest BCUT2D eigenvalue weighted by atomic mass is 16.5. The highest BCUT2D eigenvalue weighted by molar-refractivity contribution is 5.39. The van der Waals surface area contributed by atoms with E-state index in [2.05, 4.69) is 13.0 Å². The van der Waals surface area contributed by atoms with Crippen LogP contribution >= 0.6 is 0 Å². The molecule has 2 aliphatic rings. The molecule has 4 nitrogen and oxygen atoms in total. The monoisotopic (exact) mass is 334 g/mol. The molecule has 0 amide bonds. The molecule has 2 atom stereocenters. The van der Waals surface area contributed by atoms with Gasteiger partial charge in [-0.15, -0.1) is 0 Å². The summed E-state index contributed by atoms with van der Waals surface area (Å²) < 4.78 is 10.9. The second-order valence-corrected chi connectivity index (χ2v) is 7.74. The first-order valence-electron chi connectivity index (χ1n) is 9.58. The number of ether oxygens (including phenoxy) is 2. The van der Waals surface area contributed by atoms with Crippen LogP contribution in [-0.2, 0) is 6.54 Å². The third kappa shape index (κ3) is 4.22. The van der Waals surface area contributed by atoms with E-state index in [-0.39, 0.29) is 0 Å². The van der Waals surface area contributed by atoms with Gasteiger partial charge in [-0.25, -0.2) is 0 Å². The maximum absolute atomic E-state index is 5.54. The third-order valence-electron chi connectivity index (χ3n) is 6.00. The molecular weight excluding hydrogens is 300 g/mol. The minimum atomic E-state index is 0.892. The first kappa shape index (κ1) is 17.6. The summed E-state index contributed by atoms with van der Waals surface area (Å²) in [4.78, 5) is 3.56. The Morgan fingerprint density at radius 2 is 1.83 bits per heavy atom. The Balaban J connectivity index is 1.55. The predicted octanol–water partition coefficient (Wildman–Crippen LogP) is 0.566. The lowest BCUT2D eigenvalue weighted by Crippen LogP contribution is -3.21. The highest BCUT2D eigenvalue weighted by Crippen LogP contribution is 2.23. The molecule has 2 N–H and O–H groups in total. The molecule has 0 aromatic heterocycles. The highest BCUT2D eigenvalue weighted by Gasteiger charge is 2.32. The van der Waals surface area contributed by atoms with E-state index in [0.717, 1.165) is 30.0 Å². The normalized spacial score (nSPS) is 30.8. The van der Waals surface area contributed by atoms with Crippen molar-refractivity contribution in [3.8, 4) is 11.5 Å². The average molecular weight is 335 g/mol. The predicted molar refractivity (Wildman–Crippen MR) is 96.1 cm³/mol. The second kappa shape index (κ2) is 8.21. The molecular formula is C20H34N2O2+2. The van der Waals surface area contributed by atoms with Crippen LogP contribution in [0.3, 0.4) is 0 Å². The van der Waals surface area contributed by atoms with E-state index in [4.69, 9.17) is 9.47 Å². The van der Waals surface area contributed by atoms with Gasteiger partial charge in [0, 0.05) is 18.8 Å². The SMILES string of the molecule is COc1ccc(OC)c(C[NH+]2CCC([NH+]3CCCC(C)C3)CC2)c1. The minimum absolute atomic E-state index is 0.892. The van der Waals surface area contributed by atoms with Crippen LogP contribution in [0.25, 0.3) is 0 Å². The van der Waals surface area contributed by atoms with E-state index >= 15 is 0 Å². The summed E-state index contributed by atoms with van der Waals surface area (Å²) in [5, 5.41) is 0. The Bertz CT molecular complexity index is 526. The van der Waals surface area contributed by atoms with Crippen LogP contribution in [0.5, 0.6) is 11.5 Å². The van der Waals surface area contributed by atoms with Crippen LogP contribution in [0.1, 0.15) is 38.2 Å². The van der Waals surface area contributed by atoms with Crippen molar-refractivity contribution in [1.82, 2.24) is 0 Å². The Morgan fingerprint density at radius 3 is 2.50 bits per heavy atom. The number of piperidine rings is 2. The summed E-state index contributed by atoms with van der Waals surface area (Å²) >= 11 is 0. The van der Waals surface area contributed by atoms with Crippen LogP contribution < -0.4 is 19.3 Å². The number of hydrogen-bond acceptors (Lipinski definition) is 2. The number of likely N-dealkylation sites (tertiary alicyclic amines) is 2. The molecule has 2 saturated heterocycles. The van der Waals surface area contributed by atoms with Gasteiger partial charge in [-0.2, -0.15) is 0 Å². The molecule has 0 spiro atoms. The fourth-order valence-electron chi connectivity index (χ4n) is 4.60. The van der Waals surface area contributed by atoms with Crippen molar-refractivity contribution in [1.29, 1.82) is 0 Å².